The molecule has 1 saturated carbocycles. The fourth-order valence-corrected chi connectivity index (χ4v) is 2.78. The number of nitrogens with zero attached hydrogens (tertiary/aromatic N) is 4. The molecular weight excluding hydrogens is 292 g/mol. The van der Waals surface area contributed by atoms with Crippen LogP contribution in [-0.4, -0.2) is 32.9 Å². The summed E-state index contributed by atoms with van der Waals surface area (Å²) in [4.78, 5) is 9.12. The lowest BCUT2D eigenvalue weighted by Gasteiger charge is -2.32. The van der Waals surface area contributed by atoms with Gasteiger partial charge in [-0.2, -0.15) is 5.10 Å². The highest BCUT2D eigenvalue weighted by Gasteiger charge is 2.29. The predicted molar refractivity (Wildman–Crippen MR) is 87.9 cm³/mol. The first-order chi connectivity index (χ1) is 11.2. The monoisotopic (exact) mass is 316 g/mol. The molecule has 23 heavy (non-hydrogen) atoms. The van der Waals surface area contributed by atoms with E-state index in [1.807, 2.05) is 23.1 Å². The largest absolute Gasteiger partial charge is 0.377 e. The molecular formula is C16H24N6O. The van der Waals surface area contributed by atoms with Gasteiger partial charge in [-0.25, -0.2) is 9.97 Å². The third-order valence-electron chi connectivity index (χ3n) is 4.14. The Morgan fingerprint density at radius 1 is 1.39 bits per heavy atom. The van der Waals surface area contributed by atoms with Crippen LogP contribution in [-0.2, 0) is 24.4 Å². The summed E-state index contributed by atoms with van der Waals surface area (Å²) in [6.07, 6.45) is 5.90. The van der Waals surface area contributed by atoms with Gasteiger partial charge in [-0.15, -0.1) is 0 Å². The summed E-state index contributed by atoms with van der Waals surface area (Å²) in [6, 6.07) is 2.33. The van der Waals surface area contributed by atoms with Crippen LogP contribution in [0, 0.1) is 0 Å². The van der Waals surface area contributed by atoms with Crippen molar-refractivity contribution in [3.05, 3.63) is 35.5 Å². The molecule has 7 heteroatoms. The minimum atomic E-state index is 0.303. The van der Waals surface area contributed by atoms with Crippen molar-refractivity contribution in [1.29, 1.82) is 0 Å². The normalized spacial score (nSPS) is 20.3. The van der Waals surface area contributed by atoms with Crippen LogP contribution in [0.2, 0.25) is 0 Å². The number of aryl methyl sites for hydroxylation is 1. The summed E-state index contributed by atoms with van der Waals surface area (Å²) in [5, 5.41) is 7.64. The smallest absolute Gasteiger partial charge is 0.156 e. The van der Waals surface area contributed by atoms with Crippen molar-refractivity contribution >= 4 is 5.82 Å². The van der Waals surface area contributed by atoms with E-state index in [9.17, 15) is 0 Å². The molecule has 7 nitrogen and oxygen atoms in total. The van der Waals surface area contributed by atoms with Gasteiger partial charge in [0.15, 0.2) is 5.82 Å². The van der Waals surface area contributed by atoms with Crippen LogP contribution in [0.5, 0.6) is 0 Å². The zero-order chi connectivity index (χ0) is 16.2. The lowest BCUT2D eigenvalue weighted by atomic mass is 9.78. The molecule has 2 aromatic heterocycles. The summed E-state index contributed by atoms with van der Waals surface area (Å²) >= 11 is 0. The quantitative estimate of drug-likeness (QED) is 0.807. The van der Waals surface area contributed by atoms with Crippen molar-refractivity contribution in [3.63, 3.8) is 0 Å². The highest BCUT2D eigenvalue weighted by atomic mass is 16.5. The number of methoxy groups -OCH3 is 1. The predicted octanol–water partition coefficient (Wildman–Crippen LogP) is 1.66. The van der Waals surface area contributed by atoms with Crippen LogP contribution in [0.3, 0.4) is 0 Å². The zero-order valence-electron chi connectivity index (χ0n) is 13.7. The second-order valence-electron chi connectivity index (χ2n) is 6.01. The van der Waals surface area contributed by atoms with E-state index < -0.39 is 0 Å². The Kier molecular flexibility index (Phi) is 4.88. The van der Waals surface area contributed by atoms with Crippen LogP contribution < -0.4 is 11.1 Å². The van der Waals surface area contributed by atoms with Crippen LogP contribution in [0.1, 0.15) is 42.8 Å². The number of ether oxygens (including phenoxy) is 1. The fraction of sp³-hybridized carbons (Fsp3) is 0.562. The molecule has 3 rings (SSSR count). The second kappa shape index (κ2) is 7.06. The van der Waals surface area contributed by atoms with Gasteiger partial charge in [0.05, 0.1) is 6.20 Å². The number of rotatable bonds is 7. The molecule has 2 aromatic rings. The molecule has 0 unspecified atom stereocenters. The summed E-state index contributed by atoms with van der Waals surface area (Å²) in [6.45, 7) is 4.04. The van der Waals surface area contributed by atoms with E-state index in [2.05, 4.69) is 27.3 Å². The van der Waals surface area contributed by atoms with E-state index in [4.69, 9.17) is 10.5 Å². The third kappa shape index (κ3) is 3.86. The van der Waals surface area contributed by atoms with Crippen LogP contribution in [0.15, 0.2) is 18.5 Å². The Hall–Kier alpha value is -1.99. The van der Waals surface area contributed by atoms with Crippen LogP contribution >= 0.6 is 0 Å². The number of hydrogen-bond donors (Lipinski definition) is 2. The van der Waals surface area contributed by atoms with Crippen molar-refractivity contribution in [2.45, 2.75) is 51.4 Å². The lowest BCUT2D eigenvalue weighted by Crippen LogP contribution is -2.35. The van der Waals surface area contributed by atoms with Crippen LogP contribution in [0.25, 0.3) is 0 Å². The zero-order valence-corrected chi connectivity index (χ0v) is 13.7. The van der Waals surface area contributed by atoms with Gasteiger partial charge < -0.3 is 15.8 Å². The molecule has 0 spiro atoms. The highest BCUT2D eigenvalue weighted by molar-refractivity contribution is 5.38. The Labute approximate surface area is 136 Å². The molecule has 0 amide bonds. The van der Waals surface area contributed by atoms with Crippen molar-refractivity contribution in [3.8, 4) is 0 Å². The first-order valence-electron chi connectivity index (χ1n) is 8.05. The topological polar surface area (TPSA) is 90.9 Å². The van der Waals surface area contributed by atoms with E-state index in [0.29, 0.717) is 30.9 Å². The molecule has 2 heterocycles. The summed E-state index contributed by atoms with van der Waals surface area (Å²) < 4.78 is 7.09. The number of nitrogens with one attached hydrogen (secondary N) is 1. The summed E-state index contributed by atoms with van der Waals surface area (Å²) in [5.74, 6) is 1.97. The Bertz CT molecular complexity index is 650. The molecule has 124 valence electrons. The molecule has 1 aliphatic carbocycles. The fourth-order valence-electron chi connectivity index (χ4n) is 2.78. The van der Waals surface area contributed by atoms with Crippen molar-refractivity contribution in [2.24, 2.45) is 5.73 Å². The average Bonchev–Trinajstić information content (AvgIpc) is 2.98. The van der Waals surface area contributed by atoms with Gasteiger partial charge in [-0.1, -0.05) is 0 Å². The first kappa shape index (κ1) is 15.9. The number of aromatic nitrogens is 4. The minimum Gasteiger partial charge on any atom is -0.377 e. The maximum absolute atomic E-state index is 5.90. The highest BCUT2D eigenvalue weighted by Crippen LogP contribution is 2.35. The molecule has 0 aromatic carbocycles. The van der Waals surface area contributed by atoms with Gasteiger partial charge in [0, 0.05) is 55.7 Å². The van der Waals surface area contributed by atoms with E-state index in [1.165, 1.54) is 0 Å². The molecule has 0 atom stereocenters. The average molecular weight is 316 g/mol. The van der Waals surface area contributed by atoms with E-state index in [-0.39, 0.29) is 0 Å². The maximum atomic E-state index is 5.90. The number of hydrogen-bond acceptors (Lipinski definition) is 6. The first-order valence-corrected chi connectivity index (χ1v) is 8.05. The maximum Gasteiger partial charge on any atom is 0.156 e. The van der Waals surface area contributed by atoms with Crippen LogP contribution in [0.4, 0.5) is 5.82 Å². The van der Waals surface area contributed by atoms with Crippen molar-refractivity contribution in [2.75, 3.05) is 12.4 Å². The Balaban J connectivity index is 1.71. The SMILES string of the molecule is CCn1cc(CNc2cc(C3CC(N)C3)nc(COC)n2)cn1. The summed E-state index contributed by atoms with van der Waals surface area (Å²) in [5.41, 5.74) is 8.08. The number of anilines is 1. The summed E-state index contributed by atoms with van der Waals surface area (Å²) in [7, 11) is 1.65. The molecule has 0 aliphatic heterocycles. The van der Waals surface area contributed by atoms with Gasteiger partial charge in [0.1, 0.15) is 12.4 Å². The lowest BCUT2D eigenvalue weighted by molar-refractivity contribution is 0.177. The van der Waals surface area contributed by atoms with Crippen molar-refractivity contribution < 1.29 is 4.74 Å². The van der Waals surface area contributed by atoms with Gasteiger partial charge in [-0.05, 0) is 19.8 Å². The van der Waals surface area contributed by atoms with Gasteiger partial charge in [0.25, 0.3) is 0 Å². The molecule has 1 fully saturated rings. The Morgan fingerprint density at radius 2 is 2.22 bits per heavy atom. The van der Waals surface area contributed by atoms with E-state index in [1.54, 1.807) is 7.11 Å². The Morgan fingerprint density at radius 3 is 2.87 bits per heavy atom. The number of nitrogens with two attached hydrogens (primary N) is 1. The third-order valence-corrected chi connectivity index (χ3v) is 4.14. The molecule has 3 N–H and O–H groups in total. The van der Waals surface area contributed by atoms with Gasteiger partial charge in [0.2, 0.25) is 0 Å². The van der Waals surface area contributed by atoms with Gasteiger partial charge >= 0.3 is 0 Å². The van der Waals surface area contributed by atoms with Crippen molar-refractivity contribution in [1.82, 2.24) is 19.7 Å². The molecule has 0 radical (unpaired) electrons. The molecule has 0 saturated heterocycles. The van der Waals surface area contributed by atoms with Gasteiger partial charge in [-0.3, -0.25) is 4.68 Å². The minimum absolute atomic E-state index is 0.303. The second-order valence-corrected chi connectivity index (χ2v) is 6.01. The van der Waals surface area contributed by atoms with E-state index >= 15 is 0 Å². The molecule has 0 bridgehead atoms. The standard InChI is InChI=1S/C16H24N6O/c1-3-22-9-11(8-19-22)7-18-15-6-14(12-4-13(17)5-12)20-16(21-15)10-23-2/h6,8-9,12-13H,3-5,7,10,17H2,1-2H3,(H,18,20,21). The van der Waals surface area contributed by atoms with E-state index in [0.717, 1.165) is 36.5 Å². The molecule has 1 aliphatic rings.